The molecule has 42 heavy (non-hydrogen) atoms. The lowest BCUT2D eigenvalue weighted by Crippen LogP contribution is -2.33. The largest absolute Gasteiger partial charge is 0.385 e. The number of aromatic nitrogens is 2. The van der Waals surface area contributed by atoms with Gasteiger partial charge < -0.3 is 14.2 Å². The SMILES string of the molecule is COCCCN(Cc1nc2ccccc2n1Cc1ccccc1CN1CCCCC1)C(=O)c1sc2ccccc2c1Cl. The number of carbonyl (C=O) groups is 1. The van der Waals surface area contributed by atoms with Crippen molar-refractivity contribution in [2.75, 3.05) is 33.4 Å². The third-order valence-corrected chi connectivity index (χ3v) is 9.81. The Kier molecular flexibility index (Phi) is 9.20. The van der Waals surface area contributed by atoms with Crippen LogP contribution in [0.15, 0.2) is 72.8 Å². The standard InChI is InChI=1S/C34H37ClN4O2S/c1-41-21-11-20-38(34(40)33-32(35)27-14-5-8-17-30(27)42-33)24-31-36-28-15-6-7-16-29(28)39(31)23-26-13-4-3-12-25(26)22-37-18-9-2-10-19-37/h3-8,12-17H,2,9-11,18-24H2,1H3. The minimum absolute atomic E-state index is 0.0681. The van der Waals surface area contributed by atoms with Crippen LogP contribution in [-0.2, 0) is 24.4 Å². The first-order valence-corrected chi connectivity index (χ1v) is 16.0. The molecule has 1 aliphatic rings. The van der Waals surface area contributed by atoms with Crippen LogP contribution in [0, 0.1) is 0 Å². The van der Waals surface area contributed by atoms with Gasteiger partial charge in [0.25, 0.3) is 5.91 Å². The molecule has 218 valence electrons. The van der Waals surface area contributed by atoms with Gasteiger partial charge in [-0.25, -0.2) is 4.98 Å². The van der Waals surface area contributed by atoms with Gasteiger partial charge in [0.15, 0.2) is 0 Å². The van der Waals surface area contributed by atoms with Crippen molar-refractivity contribution in [3.8, 4) is 0 Å². The van der Waals surface area contributed by atoms with Crippen LogP contribution in [0.5, 0.6) is 0 Å². The normalized spacial score (nSPS) is 14.1. The smallest absolute Gasteiger partial charge is 0.265 e. The monoisotopic (exact) mass is 600 g/mol. The zero-order valence-electron chi connectivity index (χ0n) is 24.1. The number of piperidine rings is 1. The Balaban J connectivity index is 1.34. The van der Waals surface area contributed by atoms with E-state index in [-0.39, 0.29) is 5.91 Å². The highest BCUT2D eigenvalue weighted by Gasteiger charge is 2.25. The molecule has 0 N–H and O–H groups in total. The number of likely N-dealkylation sites (tertiary alicyclic amines) is 1. The zero-order valence-corrected chi connectivity index (χ0v) is 25.7. The van der Waals surface area contributed by atoms with Gasteiger partial charge in [0.2, 0.25) is 0 Å². The summed E-state index contributed by atoms with van der Waals surface area (Å²) in [5.41, 5.74) is 4.65. The molecule has 0 atom stereocenters. The first-order valence-electron chi connectivity index (χ1n) is 14.8. The minimum atomic E-state index is -0.0681. The summed E-state index contributed by atoms with van der Waals surface area (Å²) in [7, 11) is 1.69. The lowest BCUT2D eigenvalue weighted by molar-refractivity contribution is 0.0722. The van der Waals surface area contributed by atoms with E-state index < -0.39 is 0 Å². The van der Waals surface area contributed by atoms with Crippen molar-refractivity contribution in [2.24, 2.45) is 0 Å². The molecular formula is C34H37ClN4O2S. The Bertz CT molecular complexity index is 1670. The van der Waals surface area contributed by atoms with Crippen molar-refractivity contribution in [3.63, 3.8) is 0 Å². The molecule has 0 radical (unpaired) electrons. The van der Waals surface area contributed by atoms with Gasteiger partial charge in [0.05, 0.1) is 22.6 Å². The molecule has 1 amide bonds. The molecular weight excluding hydrogens is 564 g/mol. The second-order valence-corrected chi connectivity index (χ2v) is 12.5. The molecule has 1 aliphatic heterocycles. The number of fused-ring (bicyclic) bond motifs is 2. The Morgan fingerprint density at radius 1 is 0.952 bits per heavy atom. The molecule has 0 saturated carbocycles. The maximum absolute atomic E-state index is 14.1. The Morgan fingerprint density at radius 3 is 2.45 bits per heavy atom. The number of imidazole rings is 1. The summed E-state index contributed by atoms with van der Waals surface area (Å²) in [6.45, 7) is 5.49. The van der Waals surface area contributed by atoms with E-state index >= 15 is 0 Å². The second kappa shape index (κ2) is 13.4. The summed E-state index contributed by atoms with van der Waals surface area (Å²) in [5, 5.41) is 1.44. The van der Waals surface area contributed by atoms with E-state index in [1.165, 1.54) is 41.7 Å². The molecule has 3 aromatic carbocycles. The number of para-hydroxylation sites is 2. The van der Waals surface area contributed by atoms with Gasteiger partial charge in [-0.2, -0.15) is 0 Å². The molecule has 3 heterocycles. The molecule has 2 aromatic heterocycles. The van der Waals surface area contributed by atoms with Crippen LogP contribution in [0.4, 0.5) is 0 Å². The van der Waals surface area contributed by atoms with Gasteiger partial charge in [-0.15, -0.1) is 11.3 Å². The summed E-state index contributed by atoms with van der Waals surface area (Å²) in [6, 6.07) is 24.9. The number of hydrogen-bond donors (Lipinski definition) is 0. The number of halogens is 1. The summed E-state index contributed by atoms with van der Waals surface area (Å²) in [4.78, 5) is 24.1. The van der Waals surface area contributed by atoms with E-state index in [4.69, 9.17) is 21.3 Å². The number of amides is 1. The molecule has 1 fully saturated rings. The molecule has 0 spiro atoms. The highest BCUT2D eigenvalue weighted by atomic mass is 35.5. The van der Waals surface area contributed by atoms with E-state index in [0.29, 0.717) is 36.1 Å². The number of nitrogens with zero attached hydrogens (tertiary/aromatic N) is 4. The van der Waals surface area contributed by atoms with Crippen LogP contribution >= 0.6 is 22.9 Å². The number of carbonyl (C=O) groups excluding carboxylic acids is 1. The maximum atomic E-state index is 14.1. The fraction of sp³-hybridized carbons (Fsp3) is 0.353. The summed E-state index contributed by atoms with van der Waals surface area (Å²) in [6.07, 6.45) is 4.60. The van der Waals surface area contributed by atoms with Crippen molar-refractivity contribution in [1.29, 1.82) is 0 Å². The maximum Gasteiger partial charge on any atom is 0.265 e. The van der Waals surface area contributed by atoms with Crippen molar-refractivity contribution in [2.45, 2.75) is 45.3 Å². The third-order valence-electron chi connectivity index (χ3n) is 8.15. The van der Waals surface area contributed by atoms with Crippen LogP contribution in [0.25, 0.3) is 21.1 Å². The summed E-state index contributed by atoms with van der Waals surface area (Å²) in [5.74, 6) is 0.799. The topological polar surface area (TPSA) is 50.6 Å². The number of methoxy groups -OCH3 is 1. The molecule has 8 heteroatoms. The van der Waals surface area contributed by atoms with Gasteiger partial charge in [-0.1, -0.05) is 72.6 Å². The molecule has 0 unspecified atom stereocenters. The molecule has 6 nitrogen and oxygen atoms in total. The van der Waals surface area contributed by atoms with Gasteiger partial charge in [0.1, 0.15) is 10.7 Å². The highest BCUT2D eigenvalue weighted by molar-refractivity contribution is 7.21. The van der Waals surface area contributed by atoms with Crippen molar-refractivity contribution >= 4 is 50.0 Å². The van der Waals surface area contributed by atoms with Crippen molar-refractivity contribution < 1.29 is 9.53 Å². The first-order chi connectivity index (χ1) is 20.6. The van der Waals surface area contributed by atoms with E-state index in [2.05, 4.69) is 51.9 Å². The molecule has 5 aromatic rings. The number of thiophene rings is 1. The number of rotatable bonds is 11. The molecule has 0 bridgehead atoms. The Morgan fingerprint density at radius 2 is 1.67 bits per heavy atom. The van der Waals surface area contributed by atoms with Crippen LogP contribution in [0.2, 0.25) is 5.02 Å². The van der Waals surface area contributed by atoms with E-state index in [9.17, 15) is 4.79 Å². The van der Waals surface area contributed by atoms with E-state index in [0.717, 1.165) is 53.0 Å². The van der Waals surface area contributed by atoms with Crippen LogP contribution in [-0.4, -0.2) is 58.6 Å². The lowest BCUT2D eigenvalue weighted by Gasteiger charge is -2.27. The Labute approximate surface area is 256 Å². The van der Waals surface area contributed by atoms with E-state index in [1.54, 1.807) is 7.11 Å². The predicted molar refractivity (Wildman–Crippen MR) is 172 cm³/mol. The lowest BCUT2D eigenvalue weighted by atomic mass is 10.0. The summed E-state index contributed by atoms with van der Waals surface area (Å²) >= 11 is 8.23. The Hall–Kier alpha value is -3.23. The molecule has 0 aliphatic carbocycles. The number of ether oxygens (including phenoxy) is 1. The third kappa shape index (κ3) is 6.25. The number of hydrogen-bond acceptors (Lipinski definition) is 5. The quantitative estimate of drug-likeness (QED) is 0.146. The molecule has 1 saturated heterocycles. The van der Waals surface area contributed by atoms with Crippen LogP contribution in [0.3, 0.4) is 0 Å². The second-order valence-electron chi connectivity index (χ2n) is 11.0. The van der Waals surface area contributed by atoms with Gasteiger partial charge >= 0.3 is 0 Å². The number of benzene rings is 3. The van der Waals surface area contributed by atoms with Gasteiger partial charge in [-0.05, 0) is 61.7 Å². The van der Waals surface area contributed by atoms with Crippen LogP contribution in [0.1, 0.15) is 52.3 Å². The van der Waals surface area contributed by atoms with Crippen molar-refractivity contribution in [1.82, 2.24) is 19.4 Å². The van der Waals surface area contributed by atoms with Gasteiger partial charge in [-0.3, -0.25) is 9.69 Å². The predicted octanol–water partition coefficient (Wildman–Crippen LogP) is 7.62. The molecule has 6 rings (SSSR count). The highest BCUT2D eigenvalue weighted by Crippen LogP contribution is 2.36. The fourth-order valence-electron chi connectivity index (χ4n) is 5.94. The average molecular weight is 601 g/mol. The van der Waals surface area contributed by atoms with Crippen molar-refractivity contribution in [3.05, 3.63) is 99.6 Å². The van der Waals surface area contributed by atoms with Crippen LogP contribution < -0.4 is 0 Å². The minimum Gasteiger partial charge on any atom is -0.385 e. The average Bonchev–Trinajstić information content (AvgIpc) is 3.54. The fourth-order valence-corrected chi connectivity index (χ4v) is 7.42. The first kappa shape index (κ1) is 28.9. The zero-order chi connectivity index (χ0) is 28.9. The van der Waals surface area contributed by atoms with E-state index in [1.807, 2.05) is 35.2 Å². The summed E-state index contributed by atoms with van der Waals surface area (Å²) < 4.78 is 8.64. The van der Waals surface area contributed by atoms with Gasteiger partial charge in [0, 0.05) is 43.4 Å².